The number of carbonyl (C=O) groups is 1. The Morgan fingerprint density at radius 2 is 1.81 bits per heavy atom. The monoisotopic (exact) mass is 447 g/mol. The molecule has 0 radical (unpaired) electrons. The minimum Gasteiger partial charge on any atom is -0.348 e. The van der Waals surface area contributed by atoms with Gasteiger partial charge in [-0.15, -0.1) is 0 Å². The van der Waals surface area contributed by atoms with Gasteiger partial charge >= 0.3 is 0 Å². The molecule has 0 aliphatic rings. The second kappa shape index (κ2) is 7.35. The number of para-hydroxylation sites is 2. The average Bonchev–Trinajstić information content (AvgIpc) is 3.23. The molecule has 0 saturated heterocycles. The van der Waals surface area contributed by atoms with Gasteiger partial charge in [0, 0.05) is 42.8 Å². The highest BCUT2D eigenvalue weighted by Crippen LogP contribution is 2.23. The highest BCUT2D eigenvalue weighted by atomic mass is 35.5. The van der Waals surface area contributed by atoms with Crippen LogP contribution < -0.4 is 16.3 Å². The van der Waals surface area contributed by atoms with E-state index >= 15 is 0 Å². The number of nitrogens with one attached hydrogen (secondary N) is 1. The molecule has 9 heteroatoms. The van der Waals surface area contributed by atoms with Crippen molar-refractivity contribution in [3.05, 3.63) is 91.6 Å². The number of rotatable bonds is 3. The second-order valence-corrected chi connectivity index (χ2v) is 8.03. The molecule has 0 unspecified atom stereocenters. The Morgan fingerprint density at radius 3 is 2.53 bits per heavy atom. The Labute approximate surface area is 186 Å². The second-order valence-electron chi connectivity index (χ2n) is 7.59. The molecule has 5 aromatic rings. The minimum absolute atomic E-state index is 0.109. The van der Waals surface area contributed by atoms with E-state index in [1.165, 1.54) is 15.4 Å². The van der Waals surface area contributed by atoms with E-state index in [2.05, 4.69) is 10.4 Å². The SMILES string of the molecule is Cn1cc(C(=O)NCc2c(=O)c3ccc(Cl)cc3n3c2c(=O)n(C)c2ccccc23)cn1. The fraction of sp³-hybridized carbons (Fsp3) is 0.130. The molecule has 2 aromatic carbocycles. The van der Waals surface area contributed by atoms with Crippen LogP contribution in [0.15, 0.2) is 64.4 Å². The van der Waals surface area contributed by atoms with Gasteiger partial charge in [0.15, 0.2) is 5.43 Å². The molecule has 0 fully saturated rings. The summed E-state index contributed by atoms with van der Waals surface area (Å²) in [5, 5.41) is 7.61. The standard InChI is InChI=1S/C23H18ClN5O3/c1-27-12-13(10-26-27)22(31)25-11-16-20-23(32)28(2)17-5-3-4-6-18(17)29(20)19-9-14(24)7-8-15(19)21(16)30/h3-10,12H,11H2,1-2H3,(H,25,31). The van der Waals surface area contributed by atoms with Crippen molar-refractivity contribution in [2.45, 2.75) is 6.54 Å². The summed E-state index contributed by atoms with van der Waals surface area (Å²) in [6.07, 6.45) is 3.02. The van der Waals surface area contributed by atoms with E-state index in [0.717, 1.165) is 5.52 Å². The summed E-state index contributed by atoms with van der Waals surface area (Å²) in [6, 6.07) is 12.4. The number of fused-ring (bicyclic) bond motifs is 5. The Kier molecular flexibility index (Phi) is 4.60. The zero-order valence-electron chi connectivity index (χ0n) is 17.3. The molecular weight excluding hydrogens is 430 g/mol. The van der Waals surface area contributed by atoms with Crippen LogP contribution >= 0.6 is 11.6 Å². The lowest BCUT2D eigenvalue weighted by atomic mass is 10.1. The van der Waals surface area contributed by atoms with Crippen molar-refractivity contribution in [2.24, 2.45) is 14.1 Å². The molecule has 3 heterocycles. The van der Waals surface area contributed by atoms with Crippen molar-refractivity contribution in [1.82, 2.24) is 24.1 Å². The third kappa shape index (κ3) is 2.99. The number of aromatic nitrogens is 4. The summed E-state index contributed by atoms with van der Waals surface area (Å²) in [6.45, 7) is -0.109. The van der Waals surface area contributed by atoms with Gasteiger partial charge in [-0.05, 0) is 30.3 Å². The fourth-order valence-electron chi connectivity index (χ4n) is 4.06. The molecule has 160 valence electrons. The van der Waals surface area contributed by atoms with Gasteiger partial charge in [0.2, 0.25) is 0 Å². The van der Waals surface area contributed by atoms with Gasteiger partial charge in [0.05, 0.1) is 28.3 Å². The normalized spacial score (nSPS) is 11.5. The van der Waals surface area contributed by atoms with Crippen molar-refractivity contribution in [2.75, 3.05) is 0 Å². The first-order valence-electron chi connectivity index (χ1n) is 9.88. The first kappa shape index (κ1) is 20.0. The summed E-state index contributed by atoms with van der Waals surface area (Å²) >= 11 is 6.24. The van der Waals surface area contributed by atoms with Gasteiger partial charge in [-0.25, -0.2) is 0 Å². The van der Waals surface area contributed by atoms with Crippen LogP contribution in [0, 0.1) is 0 Å². The Bertz CT molecular complexity index is 1680. The van der Waals surface area contributed by atoms with Crippen molar-refractivity contribution < 1.29 is 4.79 Å². The van der Waals surface area contributed by atoms with Crippen molar-refractivity contribution in [3.8, 4) is 0 Å². The van der Waals surface area contributed by atoms with Crippen molar-refractivity contribution in [1.29, 1.82) is 0 Å². The van der Waals surface area contributed by atoms with Crippen molar-refractivity contribution in [3.63, 3.8) is 0 Å². The zero-order chi connectivity index (χ0) is 22.6. The van der Waals surface area contributed by atoms with Gasteiger partial charge in [0.1, 0.15) is 5.52 Å². The van der Waals surface area contributed by atoms with Crippen LogP contribution in [0.3, 0.4) is 0 Å². The molecule has 5 rings (SSSR count). The fourth-order valence-corrected chi connectivity index (χ4v) is 4.23. The number of nitrogens with zero attached hydrogens (tertiary/aromatic N) is 4. The predicted molar refractivity (Wildman–Crippen MR) is 123 cm³/mol. The Morgan fingerprint density at radius 1 is 1.06 bits per heavy atom. The largest absolute Gasteiger partial charge is 0.348 e. The summed E-state index contributed by atoms with van der Waals surface area (Å²) in [5.74, 6) is -0.385. The molecule has 1 N–H and O–H groups in total. The summed E-state index contributed by atoms with van der Waals surface area (Å²) in [5.41, 5.74) is 2.11. The van der Waals surface area contributed by atoms with E-state index in [9.17, 15) is 14.4 Å². The summed E-state index contributed by atoms with van der Waals surface area (Å²) in [7, 11) is 3.37. The number of hydrogen-bond donors (Lipinski definition) is 1. The molecule has 8 nitrogen and oxygen atoms in total. The highest BCUT2D eigenvalue weighted by Gasteiger charge is 2.20. The number of aryl methyl sites for hydroxylation is 2. The van der Waals surface area contributed by atoms with Gasteiger partial charge in [-0.1, -0.05) is 23.7 Å². The molecule has 0 bridgehead atoms. The average molecular weight is 448 g/mol. The highest BCUT2D eigenvalue weighted by molar-refractivity contribution is 6.31. The smallest absolute Gasteiger partial charge is 0.275 e. The molecule has 0 spiro atoms. The summed E-state index contributed by atoms with van der Waals surface area (Å²) in [4.78, 5) is 39.4. The van der Waals surface area contributed by atoms with Gasteiger partial charge < -0.3 is 14.3 Å². The number of hydrogen-bond acceptors (Lipinski definition) is 4. The van der Waals surface area contributed by atoms with Gasteiger partial charge in [-0.2, -0.15) is 5.10 Å². The molecule has 0 aliphatic heterocycles. The Hall–Kier alpha value is -3.91. The number of amides is 1. The molecule has 3 aromatic heterocycles. The number of benzene rings is 2. The minimum atomic E-state index is -0.385. The lowest BCUT2D eigenvalue weighted by Gasteiger charge is -2.16. The molecule has 1 amide bonds. The van der Waals surface area contributed by atoms with Crippen LogP contribution in [0.1, 0.15) is 15.9 Å². The molecule has 0 atom stereocenters. The van der Waals surface area contributed by atoms with Crippen molar-refractivity contribution >= 4 is 45.0 Å². The van der Waals surface area contributed by atoms with Crippen LogP contribution in [-0.4, -0.2) is 24.7 Å². The maximum absolute atomic E-state index is 13.4. The van der Waals surface area contributed by atoms with E-state index in [1.54, 1.807) is 42.9 Å². The first-order valence-corrected chi connectivity index (χ1v) is 10.3. The quantitative estimate of drug-likeness (QED) is 0.430. The van der Waals surface area contributed by atoms with Crippen LogP contribution in [0.2, 0.25) is 5.02 Å². The predicted octanol–water partition coefficient (Wildman–Crippen LogP) is 2.62. The lowest BCUT2D eigenvalue weighted by molar-refractivity contribution is 0.0951. The number of pyridine rings is 1. The number of carbonyl (C=O) groups excluding carboxylic acids is 1. The third-order valence-corrected chi connectivity index (χ3v) is 5.85. The third-order valence-electron chi connectivity index (χ3n) is 5.61. The molecular formula is C23H18ClN5O3. The van der Waals surface area contributed by atoms with E-state index in [-0.39, 0.29) is 34.5 Å². The number of halogens is 1. The lowest BCUT2D eigenvalue weighted by Crippen LogP contribution is -2.31. The summed E-state index contributed by atoms with van der Waals surface area (Å²) < 4.78 is 4.78. The van der Waals surface area contributed by atoms with Gasteiger partial charge in [0.25, 0.3) is 11.5 Å². The van der Waals surface area contributed by atoms with E-state index in [0.29, 0.717) is 27.0 Å². The molecule has 0 saturated carbocycles. The maximum atomic E-state index is 13.4. The van der Waals surface area contributed by atoms with E-state index < -0.39 is 0 Å². The zero-order valence-corrected chi connectivity index (χ0v) is 18.1. The van der Waals surface area contributed by atoms with E-state index in [1.807, 2.05) is 24.3 Å². The van der Waals surface area contributed by atoms with Crippen LogP contribution in [-0.2, 0) is 20.6 Å². The Balaban J connectivity index is 1.83. The molecule has 0 aliphatic carbocycles. The van der Waals surface area contributed by atoms with Crippen LogP contribution in [0.25, 0.3) is 27.5 Å². The van der Waals surface area contributed by atoms with Gasteiger partial charge in [-0.3, -0.25) is 19.1 Å². The van der Waals surface area contributed by atoms with Crippen LogP contribution in [0.5, 0.6) is 0 Å². The van der Waals surface area contributed by atoms with Crippen LogP contribution in [0.4, 0.5) is 0 Å². The first-order chi connectivity index (χ1) is 15.4. The molecule has 32 heavy (non-hydrogen) atoms. The topological polar surface area (TPSA) is 90.4 Å². The van der Waals surface area contributed by atoms with E-state index in [4.69, 9.17) is 11.6 Å². The maximum Gasteiger partial charge on any atom is 0.275 e.